The number of furan rings is 1. The number of para-hydroxylation sites is 1. The van der Waals surface area contributed by atoms with Crippen LogP contribution >= 0.6 is 0 Å². The van der Waals surface area contributed by atoms with Crippen LogP contribution in [0.25, 0.3) is 11.0 Å². The smallest absolute Gasteiger partial charge is 0.284 e. The van der Waals surface area contributed by atoms with Gasteiger partial charge < -0.3 is 13.6 Å². The van der Waals surface area contributed by atoms with Crippen LogP contribution in [0.4, 0.5) is 0 Å². The molecule has 0 spiro atoms. The second-order valence-electron chi connectivity index (χ2n) is 3.85. The van der Waals surface area contributed by atoms with Gasteiger partial charge in [0.2, 0.25) is 0 Å². The number of methoxy groups -OCH3 is 1. The fourth-order valence-electron chi connectivity index (χ4n) is 1.55. The molecule has 0 atom stereocenters. The molecule has 0 fully saturated rings. The van der Waals surface area contributed by atoms with E-state index in [0.717, 1.165) is 5.76 Å². The zero-order valence-electron chi connectivity index (χ0n) is 10.8. The Morgan fingerprint density at radius 1 is 1.05 bits per heavy atom. The van der Waals surface area contributed by atoms with E-state index in [0.29, 0.717) is 16.9 Å². The molecule has 0 amide bonds. The molecule has 0 unspecified atom stereocenters. The number of rotatable bonds is 1. The molecule has 0 aliphatic heterocycles. The van der Waals surface area contributed by atoms with Crippen molar-refractivity contribution in [3.05, 3.63) is 64.7 Å². The van der Waals surface area contributed by atoms with Gasteiger partial charge in [-0.15, -0.1) is 0 Å². The van der Waals surface area contributed by atoms with E-state index in [4.69, 9.17) is 13.6 Å². The molecule has 0 bridgehead atoms. The van der Waals surface area contributed by atoms with Crippen LogP contribution in [0.3, 0.4) is 0 Å². The van der Waals surface area contributed by atoms with Crippen molar-refractivity contribution in [2.24, 2.45) is 0 Å². The predicted molar refractivity (Wildman–Crippen MR) is 72.5 cm³/mol. The molecule has 0 saturated carbocycles. The zero-order valence-corrected chi connectivity index (χ0v) is 10.8. The average Bonchev–Trinajstić information content (AvgIpc) is 2.86. The summed E-state index contributed by atoms with van der Waals surface area (Å²) in [5.41, 5.74) is 0.645. The summed E-state index contributed by atoms with van der Waals surface area (Å²) in [4.78, 5) is 11.1. The van der Waals surface area contributed by atoms with Gasteiger partial charge in [-0.05, 0) is 25.1 Å². The molecule has 4 heteroatoms. The lowest BCUT2D eigenvalue weighted by molar-refractivity contribution is 0.298. The molecule has 3 rings (SSSR count). The largest absolute Gasteiger partial charge is 0.468 e. The molecule has 19 heavy (non-hydrogen) atoms. The summed E-state index contributed by atoms with van der Waals surface area (Å²) in [6, 6.07) is 12.2. The third-order valence-corrected chi connectivity index (χ3v) is 2.48. The molecule has 0 N–H and O–H groups in total. The maximum atomic E-state index is 11.1. The first-order chi connectivity index (χ1) is 9.20. The van der Waals surface area contributed by atoms with Crippen molar-refractivity contribution in [2.45, 2.75) is 6.92 Å². The van der Waals surface area contributed by atoms with E-state index in [1.165, 1.54) is 12.3 Å². The van der Waals surface area contributed by atoms with Gasteiger partial charge in [-0.2, -0.15) is 0 Å². The van der Waals surface area contributed by atoms with Crippen molar-refractivity contribution >= 4 is 11.0 Å². The Kier molecular flexibility index (Phi) is 4.03. The number of hydrogen-bond donors (Lipinski definition) is 0. The molecule has 0 aliphatic carbocycles. The maximum absolute atomic E-state index is 11.1. The SMILES string of the molecule is COc1ccc(C)o1.O=c1ccoc2ccccc12. The van der Waals surface area contributed by atoms with Crippen LogP contribution in [0.15, 0.2) is 62.4 Å². The van der Waals surface area contributed by atoms with E-state index in [9.17, 15) is 4.79 Å². The second-order valence-corrected chi connectivity index (χ2v) is 3.85. The van der Waals surface area contributed by atoms with Crippen molar-refractivity contribution in [2.75, 3.05) is 7.11 Å². The zero-order chi connectivity index (χ0) is 13.7. The lowest BCUT2D eigenvalue weighted by atomic mass is 10.2. The topological polar surface area (TPSA) is 52.6 Å². The fourth-order valence-corrected chi connectivity index (χ4v) is 1.55. The Bertz CT molecular complexity index is 704. The summed E-state index contributed by atoms with van der Waals surface area (Å²) in [5.74, 6) is 1.45. The number of hydrogen-bond acceptors (Lipinski definition) is 4. The van der Waals surface area contributed by atoms with E-state index in [1.807, 2.05) is 25.1 Å². The van der Waals surface area contributed by atoms with Gasteiger partial charge in [-0.3, -0.25) is 4.79 Å². The molecule has 2 aromatic heterocycles. The first-order valence-electron chi connectivity index (χ1n) is 5.77. The highest BCUT2D eigenvalue weighted by molar-refractivity contribution is 5.75. The van der Waals surface area contributed by atoms with E-state index in [2.05, 4.69) is 0 Å². The normalized spacial score (nSPS) is 9.79. The highest BCUT2D eigenvalue weighted by atomic mass is 16.6. The van der Waals surface area contributed by atoms with Crippen molar-refractivity contribution in [1.82, 2.24) is 0 Å². The van der Waals surface area contributed by atoms with Gasteiger partial charge in [-0.1, -0.05) is 12.1 Å². The summed E-state index contributed by atoms with van der Waals surface area (Å²) in [7, 11) is 1.58. The van der Waals surface area contributed by atoms with Crippen molar-refractivity contribution in [3.63, 3.8) is 0 Å². The lowest BCUT2D eigenvalue weighted by Gasteiger charge is -1.91. The Hall–Kier alpha value is -2.49. The minimum atomic E-state index is 0.00634. The van der Waals surface area contributed by atoms with Crippen molar-refractivity contribution in [3.8, 4) is 5.95 Å². The van der Waals surface area contributed by atoms with Gasteiger partial charge in [0.05, 0.1) is 18.8 Å². The van der Waals surface area contributed by atoms with Crippen LogP contribution in [0, 0.1) is 6.92 Å². The molecular weight excluding hydrogens is 244 g/mol. The van der Waals surface area contributed by atoms with E-state index in [1.54, 1.807) is 25.3 Å². The van der Waals surface area contributed by atoms with Gasteiger partial charge in [0.15, 0.2) is 5.43 Å². The lowest BCUT2D eigenvalue weighted by Crippen LogP contribution is -1.96. The highest BCUT2D eigenvalue weighted by Gasteiger charge is 1.95. The highest BCUT2D eigenvalue weighted by Crippen LogP contribution is 2.12. The minimum absolute atomic E-state index is 0.00634. The summed E-state index contributed by atoms with van der Waals surface area (Å²) in [6.07, 6.45) is 1.41. The molecule has 3 aromatic rings. The molecule has 0 radical (unpaired) electrons. The van der Waals surface area contributed by atoms with E-state index >= 15 is 0 Å². The van der Waals surface area contributed by atoms with Crippen LogP contribution in [0.5, 0.6) is 5.95 Å². The van der Waals surface area contributed by atoms with Gasteiger partial charge in [0.25, 0.3) is 5.95 Å². The van der Waals surface area contributed by atoms with Gasteiger partial charge in [0.1, 0.15) is 11.3 Å². The molecule has 2 heterocycles. The Labute approximate surface area is 110 Å². The predicted octanol–water partition coefficient (Wildman–Crippen LogP) is 3.39. The van der Waals surface area contributed by atoms with Crippen LogP contribution in [0.1, 0.15) is 5.76 Å². The van der Waals surface area contributed by atoms with Crippen LogP contribution in [-0.4, -0.2) is 7.11 Å². The third kappa shape index (κ3) is 3.25. The Morgan fingerprint density at radius 2 is 1.84 bits per heavy atom. The fraction of sp³-hybridized carbons (Fsp3) is 0.133. The second kappa shape index (κ2) is 5.91. The standard InChI is InChI=1S/C9H6O2.C6H8O2/c10-8-5-6-11-9-4-2-1-3-7(8)9;1-5-3-4-6(7-2)8-5/h1-6H;3-4H,1-2H3. The summed E-state index contributed by atoms with van der Waals surface area (Å²) in [5, 5.41) is 0.634. The quantitative estimate of drug-likeness (QED) is 0.671. The maximum Gasteiger partial charge on any atom is 0.284 e. The molecule has 0 saturated heterocycles. The van der Waals surface area contributed by atoms with Crippen molar-refractivity contribution < 1.29 is 13.6 Å². The van der Waals surface area contributed by atoms with Gasteiger partial charge in [0, 0.05) is 12.1 Å². The van der Waals surface area contributed by atoms with Gasteiger partial charge >= 0.3 is 0 Å². The summed E-state index contributed by atoms with van der Waals surface area (Å²) < 4.78 is 14.9. The van der Waals surface area contributed by atoms with Crippen LogP contribution in [-0.2, 0) is 0 Å². The van der Waals surface area contributed by atoms with Gasteiger partial charge in [-0.25, -0.2) is 0 Å². The summed E-state index contributed by atoms with van der Waals surface area (Å²) in [6.45, 7) is 1.88. The summed E-state index contributed by atoms with van der Waals surface area (Å²) >= 11 is 0. The molecule has 4 nitrogen and oxygen atoms in total. The van der Waals surface area contributed by atoms with Crippen molar-refractivity contribution in [1.29, 1.82) is 0 Å². The van der Waals surface area contributed by atoms with E-state index in [-0.39, 0.29) is 5.43 Å². The number of fused-ring (bicyclic) bond motifs is 1. The molecule has 0 aliphatic rings. The first kappa shape index (κ1) is 13.0. The molecule has 1 aromatic carbocycles. The number of benzene rings is 1. The Balaban J connectivity index is 0.000000148. The number of aryl methyl sites for hydroxylation is 1. The minimum Gasteiger partial charge on any atom is -0.468 e. The van der Waals surface area contributed by atoms with Crippen LogP contribution < -0.4 is 10.2 Å². The molecular formula is C15H14O4. The average molecular weight is 258 g/mol. The first-order valence-corrected chi connectivity index (χ1v) is 5.77. The Morgan fingerprint density at radius 3 is 2.42 bits per heavy atom. The molecule has 98 valence electrons. The third-order valence-electron chi connectivity index (χ3n) is 2.48. The van der Waals surface area contributed by atoms with Crippen LogP contribution in [0.2, 0.25) is 0 Å². The van der Waals surface area contributed by atoms with E-state index < -0.39 is 0 Å². The number of ether oxygens (including phenoxy) is 1. The monoisotopic (exact) mass is 258 g/mol.